The van der Waals surface area contributed by atoms with Crippen LogP contribution < -0.4 is 0 Å². The van der Waals surface area contributed by atoms with Crippen LogP contribution in [0.5, 0.6) is 5.75 Å². The molecule has 0 aliphatic heterocycles. The Morgan fingerprint density at radius 2 is 1.84 bits per heavy atom. The van der Waals surface area contributed by atoms with Gasteiger partial charge in [0.15, 0.2) is 5.78 Å². The molecule has 0 amide bonds. The molecule has 0 aliphatic rings. The summed E-state index contributed by atoms with van der Waals surface area (Å²) in [5.41, 5.74) is 3.85. The number of carbonyl (C=O) groups is 1. The van der Waals surface area contributed by atoms with Gasteiger partial charge in [0.2, 0.25) is 0 Å². The molecule has 126 valence electrons. The molecule has 1 heterocycles. The van der Waals surface area contributed by atoms with Crippen LogP contribution in [0.3, 0.4) is 0 Å². The Hall–Kier alpha value is -2.46. The summed E-state index contributed by atoms with van der Waals surface area (Å²) in [6.45, 7) is 2.16. The van der Waals surface area contributed by atoms with Crippen molar-refractivity contribution in [3.63, 3.8) is 0 Å². The molecular formula is C21H18BrNO2. The molecule has 3 nitrogen and oxygen atoms in total. The van der Waals surface area contributed by atoms with Crippen LogP contribution in [-0.4, -0.2) is 15.9 Å². The van der Waals surface area contributed by atoms with Crippen molar-refractivity contribution in [3.8, 4) is 17.0 Å². The van der Waals surface area contributed by atoms with E-state index in [9.17, 15) is 9.90 Å². The molecule has 3 rings (SSSR count). The zero-order chi connectivity index (χ0) is 17.8. The lowest BCUT2D eigenvalue weighted by atomic mass is 10.0. The number of aromatic nitrogens is 1. The van der Waals surface area contributed by atoms with Crippen molar-refractivity contribution in [3.05, 3.63) is 82.0 Å². The molecule has 0 fully saturated rings. The third-order valence-electron chi connectivity index (χ3n) is 4.02. The van der Waals surface area contributed by atoms with E-state index < -0.39 is 0 Å². The van der Waals surface area contributed by atoms with Crippen molar-refractivity contribution in [2.24, 2.45) is 0 Å². The highest BCUT2D eigenvalue weighted by atomic mass is 79.9. The van der Waals surface area contributed by atoms with E-state index in [1.54, 1.807) is 24.4 Å². The van der Waals surface area contributed by atoms with E-state index in [1.807, 2.05) is 6.07 Å². The normalized spacial score (nSPS) is 10.6. The molecule has 0 unspecified atom stereocenters. The van der Waals surface area contributed by atoms with Crippen LogP contribution in [0.25, 0.3) is 11.3 Å². The highest BCUT2D eigenvalue weighted by Crippen LogP contribution is 2.25. The summed E-state index contributed by atoms with van der Waals surface area (Å²) < 4.78 is 0.741. The van der Waals surface area contributed by atoms with E-state index in [-0.39, 0.29) is 17.1 Å². The van der Waals surface area contributed by atoms with E-state index in [0.29, 0.717) is 5.56 Å². The molecule has 0 radical (unpaired) electrons. The van der Waals surface area contributed by atoms with Gasteiger partial charge in [-0.2, -0.15) is 0 Å². The average molecular weight is 396 g/mol. The van der Waals surface area contributed by atoms with Gasteiger partial charge in [0.25, 0.3) is 0 Å². The SMILES string of the molecule is CCCc1ccc(-c2ccc(C(=O)c3cc(Br)ccc3O)cn2)cc1. The summed E-state index contributed by atoms with van der Waals surface area (Å²) in [6, 6.07) is 16.7. The van der Waals surface area contributed by atoms with Gasteiger partial charge in [-0.15, -0.1) is 0 Å². The zero-order valence-corrected chi connectivity index (χ0v) is 15.5. The Morgan fingerprint density at radius 1 is 1.08 bits per heavy atom. The summed E-state index contributed by atoms with van der Waals surface area (Å²) in [6.07, 6.45) is 3.74. The number of aromatic hydroxyl groups is 1. The first-order valence-corrected chi connectivity index (χ1v) is 8.96. The number of rotatable bonds is 5. The number of aryl methyl sites for hydroxylation is 1. The summed E-state index contributed by atoms with van der Waals surface area (Å²) in [5, 5.41) is 9.91. The van der Waals surface area contributed by atoms with Crippen molar-refractivity contribution in [2.45, 2.75) is 19.8 Å². The van der Waals surface area contributed by atoms with Crippen molar-refractivity contribution in [2.75, 3.05) is 0 Å². The topological polar surface area (TPSA) is 50.2 Å². The number of phenolic OH excluding ortho intramolecular Hbond substituents is 1. The van der Waals surface area contributed by atoms with Crippen LogP contribution in [-0.2, 0) is 6.42 Å². The van der Waals surface area contributed by atoms with E-state index in [1.165, 1.54) is 11.6 Å². The highest BCUT2D eigenvalue weighted by Gasteiger charge is 2.14. The lowest BCUT2D eigenvalue weighted by Crippen LogP contribution is -2.02. The standard InChI is InChI=1S/C21H18BrNO2/c1-2-3-14-4-6-15(7-5-14)19-10-8-16(13-23-19)21(25)18-12-17(22)9-11-20(18)24/h4-13,24H,2-3H2,1H3. The Bertz CT molecular complexity index is 887. The number of phenols is 1. The van der Waals surface area contributed by atoms with Gasteiger partial charge in [-0.3, -0.25) is 9.78 Å². The monoisotopic (exact) mass is 395 g/mol. The maximum absolute atomic E-state index is 12.6. The van der Waals surface area contributed by atoms with E-state index in [2.05, 4.69) is 52.1 Å². The fraction of sp³-hybridized carbons (Fsp3) is 0.143. The maximum atomic E-state index is 12.6. The molecule has 25 heavy (non-hydrogen) atoms. The molecule has 0 saturated heterocycles. The second-order valence-electron chi connectivity index (χ2n) is 5.87. The number of benzene rings is 2. The van der Waals surface area contributed by atoms with Gasteiger partial charge in [0.1, 0.15) is 5.75 Å². The summed E-state index contributed by atoms with van der Waals surface area (Å²) in [7, 11) is 0. The molecule has 0 aliphatic carbocycles. The maximum Gasteiger partial charge on any atom is 0.198 e. The minimum absolute atomic E-state index is 0.0382. The quantitative estimate of drug-likeness (QED) is 0.588. The Kier molecular flexibility index (Phi) is 5.29. The Morgan fingerprint density at radius 3 is 2.48 bits per heavy atom. The lowest BCUT2D eigenvalue weighted by molar-refractivity contribution is 0.103. The van der Waals surface area contributed by atoms with Gasteiger partial charge >= 0.3 is 0 Å². The van der Waals surface area contributed by atoms with Crippen molar-refractivity contribution in [1.82, 2.24) is 4.98 Å². The van der Waals surface area contributed by atoms with Crippen molar-refractivity contribution < 1.29 is 9.90 Å². The van der Waals surface area contributed by atoms with Crippen LogP contribution in [0.2, 0.25) is 0 Å². The second-order valence-corrected chi connectivity index (χ2v) is 6.79. The molecular weight excluding hydrogens is 378 g/mol. The summed E-state index contributed by atoms with van der Waals surface area (Å²) in [5.74, 6) is -0.292. The number of hydrogen-bond acceptors (Lipinski definition) is 3. The number of nitrogens with zero attached hydrogens (tertiary/aromatic N) is 1. The third-order valence-corrected chi connectivity index (χ3v) is 4.51. The fourth-order valence-corrected chi connectivity index (χ4v) is 3.04. The van der Waals surface area contributed by atoms with Crippen LogP contribution in [0.15, 0.2) is 65.3 Å². The Balaban J connectivity index is 1.84. The first-order chi connectivity index (χ1) is 12.1. The van der Waals surface area contributed by atoms with Gasteiger partial charge in [-0.25, -0.2) is 0 Å². The zero-order valence-electron chi connectivity index (χ0n) is 13.9. The largest absolute Gasteiger partial charge is 0.507 e. The number of ketones is 1. The number of hydrogen-bond donors (Lipinski definition) is 1. The predicted molar refractivity (Wildman–Crippen MR) is 103 cm³/mol. The van der Waals surface area contributed by atoms with E-state index in [4.69, 9.17) is 0 Å². The van der Waals surface area contributed by atoms with Crippen LogP contribution >= 0.6 is 15.9 Å². The molecule has 0 atom stereocenters. The molecule has 2 aromatic carbocycles. The summed E-state index contributed by atoms with van der Waals surface area (Å²) >= 11 is 3.32. The number of carbonyl (C=O) groups excluding carboxylic acids is 1. The molecule has 0 saturated carbocycles. The molecule has 1 aromatic heterocycles. The van der Waals surface area contributed by atoms with Crippen molar-refractivity contribution in [1.29, 1.82) is 0 Å². The lowest BCUT2D eigenvalue weighted by Gasteiger charge is -2.06. The second kappa shape index (κ2) is 7.62. The first kappa shape index (κ1) is 17.4. The highest BCUT2D eigenvalue weighted by molar-refractivity contribution is 9.10. The predicted octanol–water partition coefficient (Wildman–Crippen LogP) is 5.40. The molecule has 3 aromatic rings. The third kappa shape index (κ3) is 3.97. The van der Waals surface area contributed by atoms with Crippen LogP contribution in [0.4, 0.5) is 0 Å². The Labute approximate surface area is 155 Å². The minimum atomic E-state index is -0.254. The van der Waals surface area contributed by atoms with Gasteiger partial charge < -0.3 is 5.11 Å². The van der Waals surface area contributed by atoms with E-state index >= 15 is 0 Å². The minimum Gasteiger partial charge on any atom is -0.507 e. The molecule has 1 N–H and O–H groups in total. The smallest absolute Gasteiger partial charge is 0.198 e. The van der Waals surface area contributed by atoms with E-state index in [0.717, 1.165) is 28.6 Å². The van der Waals surface area contributed by atoms with Gasteiger partial charge in [-0.1, -0.05) is 53.5 Å². The van der Waals surface area contributed by atoms with Crippen molar-refractivity contribution >= 4 is 21.7 Å². The number of pyridine rings is 1. The van der Waals surface area contributed by atoms with Crippen LogP contribution in [0, 0.1) is 0 Å². The van der Waals surface area contributed by atoms with Crippen LogP contribution in [0.1, 0.15) is 34.8 Å². The fourth-order valence-electron chi connectivity index (χ4n) is 2.68. The number of halogens is 1. The molecule has 0 spiro atoms. The molecule has 4 heteroatoms. The van der Waals surface area contributed by atoms with Gasteiger partial charge in [0.05, 0.1) is 11.3 Å². The molecule has 0 bridgehead atoms. The summed E-state index contributed by atoms with van der Waals surface area (Å²) in [4.78, 5) is 17.0. The average Bonchev–Trinajstić information content (AvgIpc) is 2.64. The first-order valence-electron chi connectivity index (χ1n) is 8.17. The van der Waals surface area contributed by atoms with Gasteiger partial charge in [-0.05, 0) is 42.3 Å². The van der Waals surface area contributed by atoms with Gasteiger partial charge in [0, 0.05) is 21.8 Å².